The SMILES string of the molecule is Cc1c(F)cc2nc3c(c4c2c1CC[C@@H]4NC(=O)COCNC(=O)CN)Cn1c-3cc2c(c1=O)COC(=O)C2O. The van der Waals surface area contributed by atoms with Crippen LogP contribution in [0, 0.1) is 12.7 Å². The second-order valence-electron chi connectivity index (χ2n) is 10.0. The lowest BCUT2D eigenvalue weighted by molar-refractivity contribution is -0.157. The van der Waals surface area contributed by atoms with Crippen molar-refractivity contribution in [2.75, 3.05) is 19.9 Å². The summed E-state index contributed by atoms with van der Waals surface area (Å²) >= 11 is 0. The molecule has 0 radical (unpaired) electrons. The van der Waals surface area contributed by atoms with E-state index in [0.717, 1.165) is 16.5 Å². The first-order chi connectivity index (χ1) is 19.2. The largest absolute Gasteiger partial charge is 0.458 e. The molecule has 6 rings (SSSR count). The van der Waals surface area contributed by atoms with Gasteiger partial charge in [0.2, 0.25) is 11.8 Å². The maximum Gasteiger partial charge on any atom is 0.340 e. The predicted molar refractivity (Wildman–Crippen MR) is 137 cm³/mol. The highest BCUT2D eigenvalue weighted by Crippen LogP contribution is 2.45. The molecule has 5 N–H and O–H groups in total. The number of hydrogen-bond acceptors (Lipinski definition) is 9. The number of hydrogen-bond donors (Lipinski definition) is 4. The maximum atomic E-state index is 14.9. The highest BCUT2D eigenvalue weighted by atomic mass is 19.1. The first-order valence-electron chi connectivity index (χ1n) is 12.8. The lowest BCUT2D eigenvalue weighted by atomic mass is 9.81. The number of ether oxygens (including phenoxy) is 2. The van der Waals surface area contributed by atoms with Gasteiger partial charge < -0.3 is 35.5 Å². The Morgan fingerprint density at radius 2 is 2.05 bits per heavy atom. The van der Waals surface area contributed by atoms with E-state index in [1.165, 1.54) is 10.6 Å². The molecule has 2 aliphatic heterocycles. The van der Waals surface area contributed by atoms with Gasteiger partial charge in [0, 0.05) is 22.6 Å². The zero-order valence-corrected chi connectivity index (χ0v) is 21.5. The third kappa shape index (κ3) is 4.05. The van der Waals surface area contributed by atoms with Gasteiger partial charge in [0.1, 0.15) is 25.8 Å². The summed E-state index contributed by atoms with van der Waals surface area (Å²) < 4.78 is 26.7. The van der Waals surface area contributed by atoms with Crippen LogP contribution in [0.1, 0.15) is 51.9 Å². The molecule has 1 aromatic carbocycles. The summed E-state index contributed by atoms with van der Waals surface area (Å²) in [6.07, 6.45) is -0.626. The number of cyclic esters (lactones) is 1. The number of esters is 1. The lowest BCUT2D eigenvalue weighted by Crippen LogP contribution is -2.37. The van der Waals surface area contributed by atoms with Crippen molar-refractivity contribution in [2.45, 2.75) is 45.1 Å². The van der Waals surface area contributed by atoms with E-state index in [-0.39, 0.29) is 44.2 Å². The molecule has 2 amide bonds. The number of rotatable bonds is 6. The van der Waals surface area contributed by atoms with Gasteiger partial charge in [-0.15, -0.1) is 0 Å². The van der Waals surface area contributed by atoms with Crippen LogP contribution in [0.2, 0.25) is 0 Å². The molecule has 208 valence electrons. The number of nitrogens with one attached hydrogen (secondary N) is 2. The van der Waals surface area contributed by atoms with E-state index < -0.39 is 41.3 Å². The first kappa shape index (κ1) is 26.0. The molecule has 0 fully saturated rings. The summed E-state index contributed by atoms with van der Waals surface area (Å²) in [5.41, 5.74) is 9.09. The van der Waals surface area contributed by atoms with Crippen LogP contribution in [0.3, 0.4) is 0 Å². The molecule has 0 spiro atoms. The van der Waals surface area contributed by atoms with Crippen molar-refractivity contribution in [3.63, 3.8) is 0 Å². The third-order valence-electron chi connectivity index (χ3n) is 7.77. The second kappa shape index (κ2) is 9.77. The Morgan fingerprint density at radius 3 is 2.83 bits per heavy atom. The predicted octanol–water partition coefficient (Wildman–Crippen LogP) is 0.115. The molecule has 1 aliphatic carbocycles. The van der Waals surface area contributed by atoms with Crippen molar-refractivity contribution < 1.29 is 33.4 Å². The summed E-state index contributed by atoms with van der Waals surface area (Å²) in [4.78, 5) is 54.3. The smallest absolute Gasteiger partial charge is 0.340 e. The van der Waals surface area contributed by atoms with E-state index in [0.29, 0.717) is 40.9 Å². The summed E-state index contributed by atoms with van der Waals surface area (Å²) in [6.45, 7) is 0.910. The topological polar surface area (TPSA) is 175 Å². The van der Waals surface area contributed by atoms with Crippen molar-refractivity contribution in [2.24, 2.45) is 5.73 Å². The van der Waals surface area contributed by atoms with E-state index in [1.54, 1.807) is 13.0 Å². The van der Waals surface area contributed by atoms with Crippen LogP contribution >= 0.6 is 0 Å². The number of aromatic nitrogens is 2. The molecule has 13 heteroatoms. The number of amides is 2. The van der Waals surface area contributed by atoms with Crippen LogP contribution in [0.25, 0.3) is 22.3 Å². The van der Waals surface area contributed by atoms with E-state index in [1.807, 2.05) is 0 Å². The van der Waals surface area contributed by atoms with E-state index >= 15 is 0 Å². The number of pyridine rings is 2. The Morgan fingerprint density at radius 1 is 1.25 bits per heavy atom. The summed E-state index contributed by atoms with van der Waals surface area (Å²) in [5, 5.41) is 16.5. The van der Waals surface area contributed by atoms with Crippen LogP contribution in [-0.2, 0) is 43.4 Å². The van der Waals surface area contributed by atoms with Crippen molar-refractivity contribution in [3.8, 4) is 11.4 Å². The molecule has 0 saturated heterocycles. The van der Waals surface area contributed by atoms with Gasteiger partial charge in [0.05, 0.1) is 41.6 Å². The number of fused-ring (bicyclic) bond motifs is 5. The van der Waals surface area contributed by atoms with Gasteiger partial charge >= 0.3 is 5.97 Å². The van der Waals surface area contributed by atoms with Crippen molar-refractivity contribution in [1.29, 1.82) is 0 Å². The fourth-order valence-corrected chi connectivity index (χ4v) is 5.83. The summed E-state index contributed by atoms with van der Waals surface area (Å²) in [5.74, 6) is -2.08. The Bertz CT molecular complexity index is 1680. The number of aliphatic hydroxyl groups excluding tert-OH is 1. The molecular formula is C27H26FN5O7. The fourth-order valence-electron chi connectivity index (χ4n) is 5.83. The monoisotopic (exact) mass is 551 g/mol. The standard InChI is InChI=1S/C27H26FN5O7/c1-11-12-2-3-17(31-21(35)9-39-10-30-20(34)6-29)23-14-7-33-19(24(14)32-18(22(12)23)5-16(11)28)4-13-15(26(33)37)8-40-27(38)25(13)36/h4-5,17,25,36H,2-3,6-10,29H2,1H3,(H,30,34)(H,31,35)/t17-,25?/m0/s1. The van der Waals surface area contributed by atoms with Gasteiger partial charge in [-0.2, -0.15) is 0 Å². The number of carbonyl (C=O) groups excluding carboxylic acids is 3. The van der Waals surface area contributed by atoms with Crippen LogP contribution in [0.5, 0.6) is 0 Å². The number of halogens is 1. The Hall–Kier alpha value is -4.20. The number of aliphatic hydroxyl groups is 1. The van der Waals surface area contributed by atoms with Crippen LogP contribution in [-0.4, -0.2) is 52.3 Å². The fraction of sp³-hybridized carbons (Fsp3) is 0.370. The lowest BCUT2D eigenvalue weighted by Gasteiger charge is -2.29. The van der Waals surface area contributed by atoms with Gasteiger partial charge in [-0.1, -0.05) is 0 Å². The van der Waals surface area contributed by atoms with Crippen molar-refractivity contribution >= 4 is 28.7 Å². The molecule has 3 aliphatic rings. The van der Waals surface area contributed by atoms with E-state index in [2.05, 4.69) is 10.6 Å². The van der Waals surface area contributed by atoms with Crippen LogP contribution < -0.4 is 21.9 Å². The summed E-state index contributed by atoms with van der Waals surface area (Å²) in [6, 6.07) is 2.42. The number of nitrogens with zero attached hydrogens (tertiary/aromatic N) is 2. The normalized spacial score (nSPS) is 18.6. The minimum atomic E-state index is -1.60. The third-order valence-corrected chi connectivity index (χ3v) is 7.77. The minimum Gasteiger partial charge on any atom is -0.458 e. The Kier molecular flexibility index (Phi) is 6.36. The molecular weight excluding hydrogens is 525 g/mol. The molecule has 0 saturated carbocycles. The van der Waals surface area contributed by atoms with Crippen LogP contribution in [0.4, 0.5) is 4.39 Å². The molecule has 0 bridgehead atoms. The van der Waals surface area contributed by atoms with Crippen molar-refractivity contribution in [1.82, 2.24) is 20.2 Å². The van der Waals surface area contributed by atoms with Gasteiger partial charge in [0.25, 0.3) is 5.56 Å². The molecule has 3 aromatic rings. The van der Waals surface area contributed by atoms with Gasteiger partial charge in [-0.3, -0.25) is 14.4 Å². The number of aryl methyl sites for hydroxylation is 1. The Balaban J connectivity index is 1.43. The van der Waals surface area contributed by atoms with Gasteiger partial charge in [-0.05, 0) is 42.5 Å². The van der Waals surface area contributed by atoms with E-state index in [4.69, 9.17) is 20.2 Å². The molecule has 2 aromatic heterocycles. The van der Waals surface area contributed by atoms with Crippen molar-refractivity contribution in [3.05, 3.63) is 61.7 Å². The second-order valence-corrected chi connectivity index (χ2v) is 10.0. The quantitative estimate of drug-likeness (QED) is 0.147. The minimum absolute atomic E-state index is 0.142. The maximum absolute atomic E-state index is 14.9. The number of carbonyl (C=O) groups is 3. The highest BCUT2D eigenvalue weighted by molar-refractivity contribution is 5.93. The van der Waals surface area contributed by atoms with E-state index in [9.17, 15) is 28.7 Å². The summed E-state index contributed by atoms with van der Waals surface area (Å²) in [7, 11) is 0. The first-order valence-corrected chi connectivity index (χ1v) is 12.8. The molecule has 1 unspecified atom stereocenters. The average molecular weight is 552 g/mol. The van der Waals surface area contributed by atoms with Gasteiger partial charge in [0.15, 0.2) is 6.10 Å². The zero-order chi connectivity index (χ0) is 28.3. The molecule has 2 atom stereocenters. The molecule has 4 heterocycles. The Labute approximate surface area is 226 Å². The van der Waals surface area contributed by atoms with Crippen LogP contribution in [0.15, 0.2) is 16.9 Å². The highest BCUT2D eigenvalue weighted by Gasteiger charge is 2.37. The number of benzene rings is 1. The zero-order valence-electron chi connectivity index (χ0n) is 21.5. The van der Waals surface area contributed by atoms with Gasteiger partial charge in [-0.25, -0.2) is 14.2 Å². The average Bonchev–Trinajstić information content (AvgIpc) is 3.31. The number of nitrogens with two attached hydrogens (primary N) is 1. The molecule has 12 nitrogen and oxygen atoms in total. The molecule has 40 heavy (non-hydrogen) atoms.